The third-order valence-electron chi connectivity index (χ3n) is 2.69. The van der Waals surface area contributed by atoms with Crippen molar-refractivity contribution in [2.24, 2.45) is 0 Å². The highest BCUT2D eigenvalue weighted by Gasteiger charge is 2.29. The van der Waals surface area contributed by atoms with Crippen LogP contribution in [0.15, 0.2) is 6.33 Å². The summed E-state index contributed by atoms with van der Waals surface area (Å²) in [5, 5.41) is 3.15. The van der Waals surface area contributed by atoms with E-state index in [1.54, 1.807) is 6.33 Å². The summed E-state index contributed by atoms with van der Waals surface area (Å²) in [7, 11) is 1.92. The van der Waals surface area contributed by atoms with Gasteiger partial charge in [-0.25, -0.2) is 9.97 Å². The molecule has 1 fully saturated rings. The van der Waals surface area contributed by atoms with Crippen molar-refractivity contribution in [3.05, 3.63) is 17.6 Å². The van der Waals surface area contributed by atoms with E-state index in [4.69, 9.17) is 0 Å². The summed E-state index contributed by atoms with van der Waals surface area (Å²) >= 11 is 0. The van der Waals surface area contributed by atoms with Crippen LogP contribution >= 0.6 is 0 Å². The molecule has 1 N–H and O–H groups in total. The predicted octanol–water partition coefficient (Wildman–Crippen LogP) is 2.52. The second kappa shape index (κ2) is 3.56. The predicted molar refractivity (Wildman–Crippen MR) is 57.6 cm³/mol. The van der Waals surface area contributed by atoms with Gasteiger partial charge in [-0.2, -0.15) is 0 Å². The molecule has 1 heterocycles. The fraction of sp³-hybridized carbons (Fsp3) is 0.636. The highest BCUT2D eigenvalue weighted by Crippen LogP contribution is 2.43. The van der Waals surface area contributed by atoms with E-state index in [2.05, 4.69) is 29.1 Å². The molecule has 14 heavy (non-hydrogen) atoms. The number of hydrogen-bond donors (Lipinski definition) is 1. The van der Waals surface area contributed by atoms with Crippen LogP contribution in [-0.4, -0.2) is 17.0 Å². The first-order chi connectivity index (χ1) is 6.74. The minimum Gasteiger partial charge on any atom is -0.373 e. The Labute approximate surface area is 85.0 Å². The van der Waals surface area contributed by atoms with Crippen molar-refractivity contribution in [2.75, 3.05) is 12.4 Å². The largest absolute Gasteiger partial charge is 0.373 e. The van der Waals surface area contributed by atoms with Crippen molar-refractivity contribution in [3.8, 4) is 0 Å². The van der Waals surface area contributed by atoms with Gasteiger partial charge < -0.3 is 5.32 Å². The highest BCUT2D eigenvalue weighted by molar-refractivity contribution is 5.49. The molecule has 1 aliphatic rings. The molecule has 1 saturated carbocycles. The maximum atomic E-state index is 4.42. The lowest BCUT2D eigenvalue weighted by Gasteiger charge is -2.14. The SMILES string of the molecule is CNc1ncnc(C2CC2)c1C(C)C. The molecule has 0 saturated heterocycles. The lowest BCUT2D eigenvalue weighted by molar-refractivity contribution is 0.809. The normalized spacial score (nSPS) is 16.0. The molecule has 1 aromatic rings. The van der Waals surface area contributed by atoms with Crippen LogP contribution in [0.5, 0.6) is 0 Å². The molecule has 76 valence electrons. The Balaban J connectivity index is 2.46. The average molecular weight is 191 g/mol. The minimum atomic E-state index is 0.495. The van der Waals surface area contributed by atoms with Crippen LogP contribution in [0.3, 0.4) is 0 Å². The molecule has 0 bridgehead atoms. The molecule has 0 radical (unpaired) electrons. The summed E-state index contributed by atoms with van der Waals surface area (Å²) in [5.41, 5.74) is 2.57. The van der Waals surface area contributed by atoms with E-state index in [0.29, 0.717) is 11.8 Å². The van der Waals surface area contributed by atoms with E-state index in [9.17, 15) is 0 Å². The van der Waals surface area contributed by atoms with Gasteiger partial charge in [-0.3, -0.25) is 0 Å². The molecule has 0 aromatic carbocycles. The van der Waals surface area contributed by atoms with Gasteiger partial charge in [0.1, 0.15) is 12.1 Å². The van der Waals surface area contributed by atoms with Gasteiger partial charge in [-0.15, -0.1) is 0 Å². The maximum absolute atomic E-state index is 4.42. The minimum absolute atomic E-state index is 0.495. The molecule has 0 spiro atoms. The van der Waals surface area contributed by atoms with Crippen LogP contribution in [0.1, 0.15) is 49.8 Å². The topological polar surface area (TPSA) is 37.8 Å². The Morgan fingerprint density at radius 1 is 1.36 bits per heavy atom. The van der Waals surface area contributed by atoms with Gasteiger partial charge in [0.2, 0.25) is 0 Å². The molecule has 0 amide bonds. The first-order valence-corrected chi connectivity index (χ1v) is 5.26. The Morgan fingerprint density at radius 2 is 2.07 bits per heavy atom. The number of nitrogens with zero attached hydrogens (tertiary/aromatic N) is 2. The zero-order chi connectivity index (χ0) is 10.1. The van der Waals surface area contributed by atoms with E-state index in [1.807, 2.05) is 7.05 Å². The molecule has 3 heteroatoms. The molecule has 0 atom stereocenters. The van der Waals surface area contributed by atoms with E-state index < -0.39 is 0 Å². The van der Waals surface area contributed by atoms with Crippen molar-refractivity contribution in [1.29, 1.82) is 0 Å². The number of rotatable bonds is 3. The smallest absolute Gasteiger partial charge is 0.132 e. The average Bonchev–Trinajstić information content (AvgIpc) is 2.99. The van der Waals surface area contributed by atoms with E-state index in [1.165, 1.54) is 24.1 Å². The Kier molecular flexibility index (Phi) is 2.40. The first kappa shape index (κ1) is 9.44. The van der Waals surface area contributed by atoms with Gasteiger partial charge in [-0.1, -0.05) is 13.8 Å². The van der Waals surface area contributed by atoms with E-state index in [0.717, 1.165) is 5.82 Å². The van der Waals surface area contributed by atoms with Crippen molar-refractivity contribution in [3.63, 3.8) is 0 Å². The Bertz CT molecular complexity index is 329. The lowest BCUT2D eigenvalue weighted by atomic mass is 9.99. The van der Waals surface area contributed by atoms with Crippen LogP contribution in [-0.2, 0) is 0 Å². The summed E-state index contributed by atoms with van der Waals surface area (Å²) in [5.74, 6) is 2.19. The standard InChI is InChI=1S/C11H17N3/c1-7(2)9-10(8-4-5-8)13-6-14-11(9)12-3/h6-8H,4-5H2,1-3H3,(H,12,13,14). The van der Waals surface area contributed by atoms with Gasteiger partial charge in [0.05, 0.1) is 5.69 Å². The summed E-state index contributed by atoms with van der Waals surface area (Å²) in [6.07, 6.45) is 4.26. The molecule has 1 aliphatic carbocycles. The Morgan fingerprint density at radius 3 is 2.57 bits per heavy atom. The van der Waals surface area contributed by atoms with Crippen LogP contribution in [0, 0.1) is 0 Å². The number of hydrogen-bond acceptors (Lipinski definition) is 3. The fourth-order valence-corrected chi connectivity index (χ4v) is 1.86. The van der Waals surface area contributed by atoms with Crippen molar-refractivity contribution in [2.45, 2.75) is 38.5 Å². The molecule has 2 rings (SSSR count). The van der Waals surface area contributed by atoms with Gasteiger partial charge in [0.15, 0.2) is 0 Å². The zero-order valence-electron chi connectivity index (χ0n) is 9.04. The van der Waals surface area contributed by atoms with Gasteiger partial charge in [0, 0.05) is 18.5 Å². The molecular weight excluding hydrogens is 174 g/mol. The Hall–Kier alpha value is -1.12. The summed E-state index contributed by atoms with van der Waals surface area (Å²) in [4.78, 5) is 8.69. The summed E-state index contributed by atoms with van der Waals surface area (Å²) in [6.45, 7) is 4.40. The van der Waals surface area contributed by atoms with E-state index >= 15 is 0 Å². The number of nitrogens with one attached hydrogen (secondary N) is 1. The van der Waals surface area contributed by atoms with Crippen molar-refractivity contribution < 1.29 is 0 Å². The molecular formula is C11H17N3. The molecule has 0 unspecified atom stereocenters. The molecule has 3 nitrogen and oxygen atoms in total. The number of anilines is 1. The third kappa shape index (κ3) is 1.59. The zero-order valence-corrected chi connectivity index (χ0v) is 9.04. The van der Waals surface area contributed by atoms with E-state index in [-0.39, 0.29) is 0 Å². The van der Waals surface area contributed by atoms with Crippen LogP contribution in [0.25, 0.3) is 0 Å². The number of aromatic nitrogens is 2. The van der Waals surface area contributed by atoms with Gasteiger partial charge >= 0.3 is 0 Å². The second-order valence-electron chi connectivity index (χ2n) is 4.20. The molecule has 1 aromatic heterocycles. The summed E-state index contributed by atoms with van der Waals surface area (Å²) < 4.78 is 0. The van der Waals surface area contributed by atoms with Crippen LogP contribution in [0.2, 0.25) is 0 Å². The van der Waals surface area contributed by atoms with Gasteiger partial charge in [-0.05, 0) is 18.8 Å². The fourth-order valence-electron chi connectivity index (χ4n) is 1.86. The quantitative estimate of drug-likeness (QED) is 0.797. The van der Waals surface area contributed by atoms with Crippen molar-refractivity contribution >= 4 is 5.82 Å². The summed E-state index contributed by atoms with van der Waals surface area (Å²) in [6, 6.07) is 0. The van der Waals surface area contributed by atoms with Crippen LogP contribution < -0.4 is 5.32 Å². The maximum Gasteiger partial charge on any atom is 0.132 e. The van der Waals surface area contributed by atoms with Crippen LogP contribution in [0.4, 0.5) is 5.82 Å². The second-order valence-corrected chi connectivity index (χ2v) is 4.20. The van der Waals surface area contributed by atoms with Crippen molar-refractivity contribution in [1.82, 2.24) is 9.97 Å². The first-order valence-electron chi connectivity index (χ1n) is 5.26. The highest BCUT2D eigenvalue weighted by atomic mass is 15.0. The third-order valence-corrected chi connectivity index (χ3v) is 2.69. The molecule has 0 aliphatic heterocycles. The monoisotopic (exact) mass is 191 g/mol. The lowest BCUT2D eigenvalue weighted by Crippen LogP contribution is -2.06. The van der Waals surface area contributed by atoms with Gasteiger partial charge in [0.25, 0.3) is 0 Å².